The summed E-state index contributed by atoms with van der Waals surface area (Å²) in [7, 11) is 2.78. The molecular weight excluding hydrogens is 241 g/mol. The van der Waals surface area contributed by atoms with Crippen LogP contribution in [0.3, 0.4) is 0 Å². The van der Waals surface area contributed by atoms with Crippen molar-refractivity contribution in [2.24, 2.45) is 4.99 Å². The summed E-state index contributed by atoms with van der Waals surface area (Å²) in [6.07, 6.45) is 2.76. The van der Waals surface area contributed by atoms with Gasteiger partial charge in [0.1, 0.15) is 0 Å². The van der Waals surface area contributed by atoms with E-state index in [1.54, 1.807) is 0 Å². The standard InChI is InChI=1S/C15H22NOP/c1-3-16-10-9-13(2)15(18)12-17-11-14-7-5-4-6-8-14/h4-8,10,15H,2-3,9,11-12,18H2,1H3/t15-/m1/s1. The predicted octanol–water partition coefficient (Wildman–Crippen LogP) is 3.48. The topological polar surface area (TPSA) is 21.6 Å². The summed E-state index contributed by atoms with van der Waals surface area (Å²) < 4.78 is 5.68. The average molecular weight is 263 g/mol. The molecule has 98 valence electrons. The highest BCUT2D eigenvalue weighted by molar-refractivity contribution is 7.18. The zero-order valence-corrected chi connectivity index (χ0v) is 12.2. The zero-order valence-electron chi connectivity index (χ0n) is 11.0. The number of ether oxygens (including phenoxy) is 1. The highest BCUT2D eigenvalue weighted by Crippen LogP contribution is 2.14. The Morgan fingerprint density at radius 2 is 2.17 bits per heavy atom. The van der Waals surface area contributed by atoms with Gasteiger partial charge in [0, 0.05) is 24.8 Å². The maximum atomic E-state index is 5.68. The van der Waals surface area contributed by atoms with E-state index in [-0.39, 0.29) is 5.66 Å². The van der Waals surface area contributed by atoms with E-state index in [4.69, 9.17) is 4.74 Å². The van der Waals surface area contributed by atoms with Crippen LogP contribution < -0.4 is 0 Å². The van der Waals surface area contributed by atoms with Crippen LogP contribution in [0.25, 0.3) is 0 Å². The molecule has 2 nitrogen and oxygen atoms in total. The Morgan fingerprint density at radius 1 is 1.44 bits per heavy atom. The molecule has 0 aliphatic carbocycles. The molecule has 0 spiro atoms. The van der Waals surface area contributed by atoms with E-state index >= 15 is 0 Å². The summed E-state index contributed by atoms with van der Waals surface area (Å²) in [5.41, 5.74) is 2.63. The van der Waals surface area contributed by atoms with Gasteiger partial charge in [-0.2, -0.15) is 0 Å². The highest BCUT2D eigenvalue weighted by atomic mass is 31.0. The summed E-state index contributed by atoms with van der Waals surface area (Å²) in [6.45, 7) is 8.25. The Labute approximate surface area is 112 Å². The summed E-state index contributed by atoms with van der Waals surface area (Å²) in [4.78, 5) is 4.19. The Kier molecular flexibility index (Phi) is 7.55. The first-order valence-electron chi connectivity index (χ1n) is 6.27. The van der Waals surface area contributed by atoms with Crippen molar-refractivity contribution in [2.75, 3.05) is 13.2 Å². The van der Waals surface area contributed by atoms with Gasteiger partial charge in [0.25, 0.3) is 0 Å². The third kappa shape index (κ3) is 6.09. The highest BCUT2D eigenvalue weighted by Gasteiger charge is 2.06. The lowest BCUT2D eigenvalue weighted by atomic mass is 10.1. The molecule has 1 unspecified atom stereocenters. The Balaban J connectivity index is 2.22. The second-order valence-corrected chi connectivity index (χ2v) is 4.96. The van der Waals surface area contributed by atoms with E-state index in [0.717, 1.165) is 18.5 Å². The molecule has 2 atom stereocenters. The second-order valence-electron chi connectivity index (χ2n) is 4.15. The SMILES string of the molecule is C=C(CC=NCC)[C@H](P)COCc1ccccc1. The minimum atomic E-state index is 0.289. The molecule has 0 bridgehead atoms. The van der Waals surface area contributed by atoms with E-state index in [2.05, 4.69) is 32.9 Å². The van der Waals surface area contributed by atoms with Crippen molar-refractivity contribution >= 4 is 15.5 Å². The smallest absolute Gasteiger partial charge is 0.0717 e. The Morgan fingerprint density at radius 3 is 2.83 bits per heavy atom. The maximum Gasteiger partial charge on any atom is 0.0717 e. The number of rotatable bonds is 8. The summed E-state index contributed by atoms with van der Waals surface area (Å²) in [6, 6.07) is 10.2. The van der Waals surface area contributed by atoms with Gasteiger partial charge in [0.2, 0.25) is 0 Å². The minimum Gasteiger partial charge on any atom is -0.376 e. The van der Waals surface area contributed by atoms with E-state index in [1.165, 1.54) is 5.56 Å². The first-order chi connectivity index (χ1) is 8.74. The number of hydrogen-bond donors (Lipinski definition) is 0. The van der Waals surface area contributed by atoms with Gasteiger partial charge in [0.15, 0.2) is 0 Å². The van der Waals surface area contributed by atoms with Crippen LogP contribution in [-0.2, 0) is 11.3 Å². The normalized spacial score (nSPS) is 12.8. The molecular formula is C15H22NOP. The van der Waals surface area contributed by atoms with Crippen LogP contribution >= 0.6 is 9.24 Å². The summed E-state index contributed by atoms with van der Waals surface area (Å²) in [5.74, 6) is 0. The molecule has 0 N–H and O–H groups in total. The second kappa shape index (κ2) is 9.02. The van der Waals surface area contributed by atoms with Gasteiger partial charge in [-0.3, -0.25) is 4.99 Å². The van der Waals surface area contributed by atoms with Crippen molar-refractivity contribution < 1.29 is 4.74 Å². The van der Waals surface area contributed by atoms with E-state index < -0.39 is 0 Å². The number of aliphatic imine (C=N–C) groups is 1. The number of nitrogens with zero attached hydrogens (tertiary/aromatic N) is 1. The van der Waals surface area contributed by atoms with Crippen molar-refractivity contribution in [3.63, 3.8) is 0 Å². The van der Waals surface area contributed by atoms with Crippen molar-refractivity contribution in [1.29, 1.82) is 0 Å². The van der Waals surface area contributed by atoms with Crippen molar-refractivity contribution in [3.05, 3.63) is 48.0 Å². The zero-order chi connectivity index (χ0) is 13.2. The van der Waals surface area contributed by atoms with Gasteiger partial charge in [-0.1, -0.05) is 42.5 Å². The third-order valence-electron chi connectivity index (χ3n) is 2.60. The fourth-order valence-corrected chi connectivity index (χ4v) is 1.73. The lowest BCUT2D eigenvalue weighted by Crippen LogP contribution is -2.11. The van der Waals surface area contributed by atoms with E-state index in [1.807, 2.05) is 31.3 Å². The van der Waals surface area contributed by atoms with Gasteiger partial charge < -0.3 is 4.74 Å². The number of benzene rings is 1. The van der Waals surface area contributed by atoms with Gasteiger partial charge in [-0.25, -0.2) is 0 Å². The van der Waals surface area contributed by atoms with Gasteiger partial charge >= 0.3 is 0 Å². The fraction of sp³-hybridized carbons (Fsp3) is 0.400. The van der Waals surface area contributed by atoms with E-state index in [0.29, 0.717) is 13.2 Å². The molecule has 18 heavy (non-hydrogen) atoms. The van der Waals surface area contributed by atoms with Crippen molar-refractivity contribution in [3.8, 4) is 0 Å². The first kappa shape index (κ1) is 15.1. The molecule has 0 saturated carbocycles. The third-order valence-corrected chi connectivity index (χ3v) is 3.26. The molecule has 0 radical (unpaired) electrons. The molecule has 1 aromatic carbocycles. The molecule has 1 aromatic rings. The average Bonchev–Trinajstić information content (AvgIpc) is 2.40. The Hall–Kier alpha value is -0.980. The summed E-state index contributed by atoms with van der Waals surface area (Å²) >= 11 is 0. The monoisotopic (exact) mass is 263 g/mol. The summed E-state index contributed by atoms with van der Waals surface area (Å²) in [5, 5.41) is 0. The lowest BCUT2D eigenvalue weighted by molar-refractivity contribution is 0.126. The molecule has 3 heteroatoms. The van der Waals surface area contributed by atoms with Crippen LogP contribution in [0.2, 0.25) is 0 Å². The van der Waals surface area contributed by atoms with Crippen LogP contribution in [0.1, 0.15) is 18.9 Å². The molecule has 0 aromatic heterocycles. The molecule has 0 aliphatic heterocycles. The van der Waals surface area contributed by atoms with Crippen LogP contribution in [0.5, 0.6) is 0 Å². The Bertz CT molecular complexity index is 375. The van der Waals surface area contributed by atoms with Crippen LogP contribution in [0, 0.1) is 0 Å². The number of hydrogen-bond acceptors (Lipinski definition) is 2. The van der Waals surface area contributed by atoms with Gasteiger partial charge in [-0.15, -0.1) is 9.24 Å². The lowest BCUT2D eigenvalue weighted by Gasteiger charge is -2.13. The minimum absolute atomic E-state index is 0.289. The molecule has 0 saturated heterocycles. The molecule has 0 aliphatic rings. The van der Waals surface area contributed by atoms with Crippen LogP contribution in [-0.4, -0.2) is 25.0 Å². The molecule has 1 rings (SSSR count). The molecule has 0 heterocycles. The van der Waals surface area contributed by atoms with Crippen molar-refractivity contribution in [1.82, 2.24) is 0 Å². The first-order valence-corrected chi connectivity index (χ1v) is 6.94. The van der Waals surface area contributed by atoms with E-state index in [9.17, 15) is 0 Å². The maximum absolute atomic E-state index is 5.68. The fourth-order valence-electron chi connectivity index (χ4n) is 1.46. The molecule has 0 amide bonds. The van der Waals surface area contributed by atoms with Crippen LogP contribution in [0.4, 0.5) is 0 Å². The molecule has 0 fully saturated rings. The predicted molar refractivity (Wildman–Crippen MR) is 82.4 cm³/mol. The quantitative estimate of drug-likeness (QED) is 0.400. The van der Waals surface area contributed by atoms with Gasteiger partial charge in [-0.05, 0) is 12.5 Å². The largest absolute Gasteiger partial charge is 0.376 e. The van der Waals surface area contributed by atoms with Crippen molar-refractivity contribution in [2.45, 2.75) is 25.6 Å². The van der Waals surface area contributed by atoms with Crippen LogP contribution in [0.15, 0.2) is 47.5 Å². The van der Waals surface area contributed by atoms with Gasteiger partial charge in [0.05, 0.1) is 13.2 Å².